The lowest BCUT2D eigenvalue weighted by atomic mass is 10.0. The first kappa shape index (κ1) is 51.6. The van der Waals surface area contributed by atoms with E-state index in [0.29, 0.717) is 38.6 Å². The molecule has 0 fully saturated rings. The molecule has 0 rings (SSSR count). The van der Waals surface area contributed by atoms with Gasteiger partial charge in [0, 0.05) is 12.8 Å². The topological polar surface area (TPSA) is 119 Å². The first-order valence-corrected chi connectivity index (χ1v) is 22.8. The molecule has 0 aliphatic rings. The molecular formula is C47H86N2O5. The van der Waals surface area contributed by atoms with Crippen LogP contribution in [0.5, 0.6) is 0 Å². The number of esters is 1. The molecule has 0 saturated heterocycles. The van der Waals surface area contributed by atoms with Gasteiger partial charge in [-0.15, -0.1) is 0 Å². The predicted molar refractivity (Wildman–Crippen MR) is 230 cm³/mol. The van der Waals surface area contributed by atoms with Gasteiger partial charge in [-0.05, 0) is 96.1 Å². The Morgan fingerprint density at radius 3 is 1.57 bits per heavy atom. The Kier molecular flexibility index (Phi) is 39.9. The molecule has 0 heterocycles. The number of carbonyl (C=O) groups excluding carboxylic acids is 2. The van der Waals surface area contributed by atoms with Gasteiger partial charge < -0.3 is 20.9 Å². The van der Waals surface area contributed by atoms with E-state index >= 15 is 0 Å². The van der Waals surface area contributed by atoms with E-state index in [2.05, 4.69) is 49.5 Å². The number of amides is 1. The van der Waals surface area contributed by atoms with Crippen LogP contribution in [0, 0.1) is 0 Å². The van der Waals surface area contributed by atoms with Gasteiger partial charge in [-0.2, -0.15) is 0 Å². The third-order valence-electron chi connectivity index (χ3n) is 10.2. The van der Waals surface area contributed by atoms with Crippen LogP contribution in [-0.2, 0) is 19.1 Å². The number of unbranched alkanes of at least 4 members (excludes halogenated alkanes) is 23. The average molecular weight is 759 g/mol. The van der Waals surface area contributed by atoms with Gasteiger partial charge in [0.2, 0.25) is 5.91 Å². The number of allylic oxidation sites excluding steroid dienone is 5. The van der Waals surface area contributed by atoms with E-state index in [4.69, 9.17) is 10.5 Å². The summed E-state index contributed by atoms with van der Waals surface area (Å²) in [4.78, 5) is 36.3. The number of nitrogens with one attached hydrogen (secondary N) is 1. The van der Waals surface area contributed by atoms with Crippen molar-refractivity contribution in [1.29, 1.82) is 0 Å². The maximum atomic E-state index is 12.7. The van der Waals surface area contributed by atoms with Gasteiger partial charge in [-0.25, -0.2) is 4.79 Å². The van der Waals surface area contributed by atoms with Crippen molar-refractivity contribution in [3.8, 4) is 0 Å². The Balaban J connectivity index is 4.16. The van der Waals surface area contributed by atoms with Crippen LogP contribution >= 0.6 is 0 Å². The minimum atomic E-state index is -1.02. The first-order valence-electron chi connectivity index (χ1n) is 22.8. The summed E-state index contributed by atoms with van der Waals surface area (Å²) in [6.45, 7) is 4.90. The zero-order chi connectivity index (χ0) is 39.6. The summed E-state index contributed by atoms with van der Waals surface area (Å²) in [5.41, 5.74) is 5.48. The van der Waals surface area contributed by atoms with Crippen molar-refractivity contribution >= 4 is 17.8 Å². The Hall–Kier alpha value is -2.41. The van der Waals surface area contributed by atoms with Crippen LogP contribution in [0.2, 0.25) is 0 Å². The normalized spacial score (nSPS) is 12.9. The summed E-state index contributed by atoms with van der Waals surface area (Å²) >= 11 is 0. The molecule has 0 aliphatic carbocycles. The molecule has 4 N–H and O–H groups in total. The zero-order valence-corrected chi connectivity index (χ0v) is 35.3. The molecule has 0 bridgehead atoms. The van der Waals surface area contributed by atoms with E-state index in [0.717, 1.165) is 51.4 Å². The molecule has 0 radical (unpaired) electrons. The average Bonchev–Trinajstić information content (AvgIpc) is 3.16. The zero-order valence-electron chi connectivity index (χ0n) is 35.3. The summed E-state index contributed by atoms with van der Waals surface area (Å²) in [5.74, 6) is -1.35. The summed E-state index contributed by atoms with van der Waals surface area (Å²) in [6.07, 6.45) is 49.3. The van der Waals surface area contributed by atoms with Gasteiger partial charge in [-0.3, -0.25) is 9.59 Å². The number of carboxylic acids is 1. The standard InChI is InChI=1S/C47H86N2O5/c1-3-5-7-9-11-13-14-15-16-17-18-19-20-21-22-23-24-25-27-29-35-41-46(51)54-43(37-32-28-26-12-10-8-6-4-2)38-33-30-31-34-40-45(50)49-44(47(52)53)39-36-42-48/h12,17-18,26,32,37,43-44H,3-11,13-16,19-25,27-31,33-36,38-42,48H2,1-2H3,(H,49,50)(H,52,53)/b18-17-,26-12-,37-32-. The lowest BCUT2D eigenvalue weighted by Crippen LogP contribution is -2.40. The molecule has 0 spiro atoms. The van der Waals surface area contributed by atoms with E-state index in [-0.39, 0.29) is 18.0 Å². The minimum absolute atomic E-state index is 0.106. The molecule has 7 heteroatoms. The van der Waals surface area contributed by atoms with Crippen molar-refractivity contribution in [2.45, 2.75) is 238 Å². The van der Waals surface area contributed by atoms with Gasteiger partial charge >= 0.3 is 11.9 Å². The number of aliphatic carboxylic acids is 1. The predicted octanol–water partition coefficient (Wildman–Crippen LogP) is 13.0. The van der Waals surface area contributed by atoms with Crippen molar-refractivity contribution < 1.29 is 24.2 Å². The number of nitrogens with two attached hydrogens (primary N) is 1. The fourth-order valence-electron chi connectivity index (χ4n) is 6.69. The third kappa shape index (κ3) is 37.9. The summed E-state index contributed by atoms with van der Waals surface area (Å²) in [5, 5.41) is 11.9. The number of carbonyl (C=O) groups is 3. The molecule has 1 amide bonds. The van der Waals surface area contributed by atoms with Crippen molar-refractivity contribution in [3.05, 3.63) is 36.5 Å². The molecule has 0 aromatic carbocycles. The minimum Gasteiger partial charge on any atom is -0.480 e. The van der Waals surface area contributed by atoms with Crippen LogP contribution in [0.25, 0.3) is 0 Å². The number of rotatable bonds is 41. The second kappa shape index (κ2) is 41.7. The maximum absolute atomic E-state index is 12.7. The molecule has 314 valence electrons. The molecule has 54 heavy (non-hydrogen) atoms. The summed E-state index contributed by atoms with van der Waals surface area (Å²) in [6, 6.07) is -0.874. The summed E-state index contributed by atoms with van der Waals surface area (Å²) in [7, 11) is 0. The second-order valence-corrected chi connectivity index (χ2v) is 15.5. The number of hydrogen-bond acceptors (Lipinski definition) is 5. The van der Waals surface area contributed by atoms with Gasteiger partial charge in [-0.1, -0.05) is 160 Å². The quantitative estimate of drug-likeness (QED) is 0.0324. The molecule has 0 aromatic rings. The van der Waals surface area contributed by atoms with E-state index < -0.39 is 12.0 Å². The highest BCUT2D eigenvalue weighted by Crippen LogP contribution is 2.16. The molecule has 2 atom stereocenters. The third-order valence-corrected chi connectivity index (χ3v) is 10.2. The second-order valence-electron chi connectivity index (χ2n) is 15.5. The molecule has 0 saturated carbocycles. The maximum Gasteiger partial charge on any atom is 0.326 e. The van der Waals surface area contributed by atoms with E-state index in [1.54, 1.807) is 0 Å². The highest BCUT2D eigenvalue weighted by molar-refractivity contribution is 5.83. The van der Waals surface area contributed by atoms with Crippen molar-refractivity contribution in [1.82, 2.24) is 5.32 Å². The molecule has 2 unspecified atom stereocenters. The van der Waals surface area contributed by atoms with E-state index in [1.165, 1.54) is 128 Å². The van der Waals surface area contributed by atoms with Gasteiger partial charge in [0.05, 0.1) is 0 Å². The van der Waals surface area contributed by atoms with Crippen LogP contribution in [0.4, 0.5) is 0 Å². The highest BCUT2D eigenvalue weighted by Gasteiger charge is 2.19. The lowest BCUT2D eigenvalue weighted by molar-refractivity contribution is -0.147. The SMILES string of the molecule is CCCCC/C=C\C/C=C\C(CCCCCCC(=O)NC(CCCN)C(=O)O)OC(=O)CCCCCCCCCCC/C=C\CCCCCCCCCC. The van der Waals surface area contributed by atoms with Crippen molar-refractivity contribution in [2.75, 3.05) is 6.54 Å². The lowest BCUT2D eigenvalue weighted by Gasteiger charge is -2.15. The van der Waals surface area contributed by atoms with Gasteiger partial charge in [0.15, 0.2) is 0 Å². The number of carboxylic acid groups (broad SMARTS) is 1. The first-order chi connectivity index (χ1) is 26.4. The molecule has 7 nitrogen and oxygen atoms in total. The van der Waals surface area contributed by atoms with Crippen LogP contribution in [0.3, 0.4) is 0 Å². The van der Waals surface area contributed by atoms with E-state index in [1.807, 2.05) is 6.08 Å². The Morgan fingerprint density at radius 1 is 0.556 bits per heavy atom. The van der Waals surface area contributed by atoms with Gasteiger partial charge in [0.25, 0.3) is 0 Å². The fourth-order valence-corrected chi connectivity index (χ4v) is 6.69. The molecule has 0 aliphatic heterocycles. The number of hydrogen-bond donors (Lipinski definition) is 3. The Labute approximate surface area is 333 Å². The van der Waals surface area contributed by atoms with Crippen LogP contribution in [-0.4, -0.2) is 41.6 Å². The van der Waals surface area contributed by atoms with E-state index in [9.17, 15) is 19.5 Å². The fraction of sp³-hybridized carbons (Fsp3) is 0.809. The smallest absolute Gasteiger partial charge is 0.326 e. The monoisotopic (exact) mass is 759 g/mol. The van der Waals surface area contributed by atoms with Crippen LogP contribution in [0.15, 0.2) is 36.5 Å². The molecule has 0 aromatic heterocycles. The number of ether oxygens (including phenoxy) is 1. The van der Waals surface area contributed by atoms with Crippen LogP contribution < -0.4 is 11.1 Å². The molecular weight excluding hydrogens is 673 g/mol. The van der Waals surface area contributed by atoms with Crippen molar-refractivity contribution in [3.63, 3.8) is 0 Å². The highest BCUT2D eigenvalue weighted by atomic mass is 16.5. The van der Waals surface area contributed by atoms with Gasteiger partial charge in [0.1, 0.15) is 12.1 Å². The Morgan fingerprint density at radius 2 is 1.02 bits per heavy atom. The van der Waals surface area contributed by atoms with Crippen LogP contribution in [0.1, 0.15) is 226 Å². The summed E-state index contributed by atoms with van der Waals surface area (Å²) < 4.78 is 5.91. The Bertz CT molecular complexity index is 946. The van der Waals surface area contributed by atoms with Crippen molar-refractivity contribution in [2.24, 2.45) is 5.73 Å². The largest absolute Gasteiger partial charge is 0.480 e.